The van der Waals surface area contributed by atoms with Crippen LogP contribution in [0.2, 0.25) is 0 Å². The summed E-state index contributed by atoms with van der Waals surface area (Å²) in [7, 11) is 1.55. The standard InChI is InChI=1S/C12H15BrN2O4/c1-8-5-10(15(17)18)3-4-11(8)12(16)14-9(6-13)7-19-2/h3-5,9H,6-7H2,1-2H3,(H,14,16). The van der Waals surface area contributed by atoms with E-state index in [0.29, 0.717) is 23.1 Å². The van der Waals surface area contributed by atoms with E-state index in [0.717, 1.165) is 0 Å². The predicted molar refractivity (Wildman–Crippen MR) is 74.8 cm³/mol. The van der Waals surface area contributed by atoms with Crippen molar-refractivity contribution in [2.75, 3.05) is 19.0 Å². The molecule has 1 amide bonds. The van der Waals surface area contributed by atoms with Gasteiger partial charge in [-0.3, -0.25) is 14.9 Å². The van der Waals surface area contributed by atoms with Crippen LogP contribution in [0.15, 0.2) is 18.2 Å². The maximum absolute atomic E-state index is 12.0. The molecule has 1 aromatic rings. The molecule has 0 spiro atoms. The van der Waals surface area contributed by atoms with Crippen LogP contribution >= 0.6 is 15.9 Å². The number of hydrogen-bond acceptors (Lipinski definition) is 4. The summed E-state index contributed by atoms with van der Waals surface area (Å²) in [5.74, 6) is -0.270. The van der Waals surface area contributed by atoms with Gasteiger partial charge in [0.2, 0.25) is 0 Å². The summed E-state index contributed by atoms with van der Waals surface area (Å²) in [6.45, 7) is 2.06. The maximum Gasteiger partial charge on any atom is 0.269 e. The van der Waals surface area contributed by atoms with Crippen molar-refractivity contribution in [1.29, 1.82) is 0 Å². The molecule has 0 heterocycles. The van der Waals surface area contributed by atoms with Gasteiger partial charge in [-0.25, -0.2) is 0 Å². The van der Waals surface area contributed by atoms with E-state index in [-0.39, 0.29) is 17.6 Å². The number of hydrogen-bond donors (Lipinski definition) is 1. The highest BCUT2D eigenvalue weighted by atomic mass is 79.9. The Morgan fingerprint density at radius 2 is 2.26 bits per heavy atom. The van der Waals surface area contributed by atoms with Gasteiger partial charge in [-0.1, -0.05) is 15.9 Å². The van der Waals surface area contributed by atoms with E-state index >= 15 is 0 Å². The van der Waals surface area contributed by atoms with Crippen molar-refractivity contribution in [1.82, 2.24) is 5.32 Å². The molecule has 0 radical (unpaired) electrons. The second-order valence-electron chi connectivity index (χ2n) is 4.04. The smallest absolute Gasteiger partial charge is 0.269 e. The monoisotopic (exact) mass is 330 g/mol. The summed E-state index contributed by atoms with van der Waals surface area (Å²) in [5.41, 5.74) is 0.966. The Labute approximate surface area is 119 Å². The fraction of sp³-hybridized carbons (Fsp3) is 0.417. The molecule has 0 aliphatic heterocycles. The zero-order valence-electron chi connectivity index (χ0n) is 10.7. The molecule has 1 N–H and O–H groups in total. The van der Waals surface area contributed by atoms with Gasteiger partial charge in [0.25, 0.3) is 11.6 Å². The number of aryl methyl sites for hydroxylation is 1. The van der Waals surface area contributed by atoms with E-state index in [2.05, 4.69) is 21.2 Å². The molecule has 104 valence electrons. The first-order valence-electron chi connectivity index (χ1n) is 5.60. The average Bonchev–Trinajstić information content (AvgIpc) is 2.37. The number of carbonyl (C=O) groups is 1. The number of nitrogens with one attached hydrogen (secondary N) is 1. The first kappa shape index (κ1) is 15.6. The highest BCUT2D eigenvalue weighted by molar-refractivity contribution is 9.09. The van der Waals surface area contributed by atoms with Gasteiger partial charge < -0.3 is 10.1 Å². The zero-order chi connectivity index (χ0) is 14.4. The number of amides is 1. The number of benzene rings is 1. The molecule has 1 rings (SSSR count). The summed E-state index contributed by atoms with van der Waals surface area (Å²) in [4.78, 5) is 22.2. The lowest BCUT2D eigenvalue weighted by Crippen LogP contribution is -2.39. The molecule has 0 saturated carbocycles. The van der Waals surface area contributed by atoms with E-state index in [1.807, 2.05) is 0 Å². The summed E-state index contributed by atoms with van der Waals surface area (Å²) >= 11 is 3.28. The number of carbonyl (C=O) groups excluding carboxylic acids is 1. The van der Waals surface area contributed by atoms with E-state index in [1.165, 1.54) is 18.2 Å². The van der Waals surface area contributed by atoms with E-state index < -0.39 is 4.92 Å². The molecule has 1 aromatic carbocycles. The number of non-ortho nitro benzene ring substituents is 1. The molecule has 19 heavy (non-hydrogen) atoms. The number of nitrogens with zero attached hydrogens (tertiary/aromatic N) is 1. The highest BCUT2D eigenvalue weighted by Crippen LogP contribution is 2.17. The third kappa shape index (κ3) is 4.29. The first-order valence-corrected chi connectivity index (χ1v) is 6.72. The number of nitro groups is 1. The highest BCUT2D eigenvalue weighted by Gasteiger charge is 2.16. The molecule has 0 aliphatic carbocycles. The van der Waals surface area contributed by atoms with E-state index in [4.69, 9.17) is 4.74 Å². The quantitative estimate of drug-likeness (QED) is 0.491. The molecule has 1 unspecified atom stereocenters. The van der Waals surface area contributed by atoms with Gasteiger partial charge in [0.15, 0.2) is 0 Å². The van der Waals surface area contributed by atoms with Gasteiger partial charge in [0, 0.05) is 30.1 Å². The predicted octanol–water partition coefficient (Wildman–Crippen LogP) is 2.04. The molecule has 0 bridgehead atoms. The second kappa shape index (κ2) is 7.20. The first-order chi connectivity index (χ1) is 8.99. The maximum atomic E-state index is 12.0. The lowest BCUT2D eigenvalue weighted by atomic mass is 10.1. The van der Waals surface area contributed by atoms with Crippen LogP contribution in [0.25, 0.3) is 0 Å². The Hall–Kier alpha value is -1.47. The third-order valence-corrected chi connectivity index (χ3v) is 3.34. The molecule has 0 aliphatic rings. The Kier molecular flexibility index (Phi) is 5.91. The largest absolute Gasteiger partial charge is 0.383 e. The van der Waals surface area contributed by atoms with Crippen LogP contribution in [-0.4, -0.2) is 35.9 Å². The molecular weight excluding hydrogens is 316 g/mol. The van der Waals surface area contributed by atoms with Gasteiger partial charge in [-0.05, 0) is 18.6 Å². The number of halogens is 1. The lowest BCUT2D eigenvalue weighted by molar-refractivity contribution is -0.384. The van der Waals surface area contributed by atoms with Crippen LogP contribution in [0.4, 0.5) is 5.69 Å². The molecule has 0 aromatic heterocycles. The number of alkyl halides is 1. The van der Waals surface area contributed by atoms with Gasteiger partial charge in [-0.15, -0.1) is 0 Å². The zero-order valence-corrected chi connectivity index (χ0v) is 12.3. The Morgan fingerprint density at radius 1 is 1.58 bits per heavy atom. The number of nitro benzene ring substituents is 1. The Bertz CT molecular complexity index is 479. The van der Waals surface area contributed by atoms with E-state index in [9.17, 15) is 14.9 Å². The van der Waals surface area contributed by atoms with Crippen LogP contribution in [0, 0.1) is 17.0 Å². The summed E-state index contributed by atoms with van der Waals surface area (Å²) < 4.78 is 4.98. The molecule has 1 atom stereocenters. The van der Waals surface area contributed by atoms with Gasteiger partial charge >= 0.3 is 0 Å². The molecular formula is C12H15BrN2O4. The summed E-state index contributed by atoms with van der Waals surface area (Å²) in [6, 6.07) is 4.02. The van der Waals surface area contributed by atoms with Crippen molar-refractivity contribution in [2.45, 2.75) is 13.0 Å². The number of rotatable bonds is 6. The molecule has 0 fully saturated rings. The minimum atomic E-state index is -0.485. The fourth-order valence-corrected chi connectivity index (χ4v) is 1.95. The topological polar surface area (TPSA) is 81.5 Å². The minimum Gasteiger partial charge on any atom is -0.383 e. The van der Waals surface area contributed by atoms with Crippen molar-refractivity contribution in [3.8, 4) is 0 Å². The summed E-state index contributed by atoms with van der Waals surface area (Å²) in [5, 5.41) is 14.0. The van der Waals surface area contributed by atoms with Crippen LogP contribution < -0.4 is 5.32 Å². The SMILES string of the molecule is COCC(CBr)NC(=O)c1ccc([N+](=O)[O-])cc1C. The lowest BCUT2D eigenvalue weighted by Gasteiger charge is -2.15. The van der Waals surface area contributed by atoms with Crippen molar-refractivity contribution in [3.05, 3.63) is 39.4 Å². The van der Waals surface area contributed by atoms with Gasteiger partial charge in [0.05, 0.1) is 17.6 Å². The van der Waals surface area contributed by atoms with Crippen molar-refractivity contribution in [2.24, 2.45) is 0 Å². The normalized spacial score (nSPS) is 11.9. The van der Waals surface area contributed by atoms with Crippen molar-refractivity contribution < 1.29 is 14.5 Å². The molecule has 7 heteroatoms. The Morgan fingerprint density at radius 3 is 2.74 bits per heavy atom. The Balaban J connectivity index is 2.85. The van der Waals surface area contributed by atoms with Crippen LogP contribution in [0.1, 0.15) is 15.9 Å². The van der Waals surface area contributed by atoms with E-state index in [1.54, 1.807) is 14.0 Å². The number of ether oxygens (including phenoxy) is 1. The van der Waals surface area contributed by atoms with Crippen LogP contribution in [-0.2, 0) is 4.74 Å². The average molecular weight is 331 g/mol. The summed E-state index contributed by atoms with van der Waals surface area (Å²) in [6.07, 6.45) is 0. The van der Waals surface area contributed by atoms with Crippen LogP contribution in [0.5, 0.6) is 0 Å². The molecule has 6 nitrogen and oxygen atoms in total. The van der Waals surface area contributed by atoms with Gasteiger partial charge in [-0.2, -0.15) is 0 Å². The van der Waals surface area contributed by atoms with Crippen LogP contribution in [0.3, 0.4) is 0 Å². The van der Waals surface area contributed by atoms with Gasteiger partial charge in [0.1, 0.15) is 0 Å². The second-order valence-corrected chi connectivity index (χ2v) is 4.68. The fourth-order valence-electron chi connectivity index (χ4n) is 1.61. The third-order valence-electron chi connectivity index (χ3n) is 2.55. The van der Waals surface area contributed by atoms with Crippen molar-refractivity contribution in [3.63, 3.8) is 0 Å². The van der Waals surface area contributed by atoms with Crippen molar-refractivity contribution >= 4 is 27.5 Å². The minimum absolute atomic E-state index is 0.0250. The number of methoxy groups -OCH3 is 1. The molecule has 0 saturated heterocycles.